The first-order valence-corrected chi connectivity index (χ1v) is 7.67. The highest BCUT2D eigenvalue weighted by molar-refractivity contribution is 5.98. The summed E-state index contributed by atoms with van der Waals surface area (Å²) in [6, 6.07) is 10.3. The molecule has 5 nitrogen and oxygen atoms in total. The summed E-state index contributed by atoms with van der Waals surface area (Å²) >= 11 is 0. The lowest BCUT2D eigenvalue weighted by atomic mass is 10.1. The maximum atomic E-state index is 14.1. The summed E-state index contributed by atoms with van der Waals surface area (Å²) in [6.45, 7) is 2.06. The average Bonchev–Trinajstić information content (AvgIpc) is 2.96. The first-order chi connectivity index (χ1) is 11.6. The largest absolute Gasteiger partial charge is 0.397 e. The molecule has 2 aromatic heterocycles. The summed E-state index contributed by atoms with van der Waals surface area (Å²) in [5.41, 5.74) is 9.02. The number of benzene rings is 2. The van der Waals surface area contributed by atoms with Crippen molar-refractivity contribution in [3.05, 3.63) is 58.1 Å². The lowest BCUT2D eigenvalue weighted by Gasteiger charge is -2.07. The van der Waals surface area contributed by atoms with E-state index in [1.165, 1.54) is 12.1 Å². The quantitative estimate of drug-likeness (QED) is 0.529. The van der Waals surface area contributed by atoms with Crippen LogP contribution in [0.15, 0.2) is 41.2 Å². The number of halogens is 1. The van der Waals surface area contributed by atoms with Crippen LogP contribution in [0.3, 0.4) is 0 Å². The number of aromatic nitrogens is 3. The molecule has 6 heteroatoms. The standard InChI is InChI=1S/C18H15FN4O/c1-2-9-6-7-11-13(8-9)22-17(21-11)15-16(20)14-10(19)4-3-5-12(14)23-18(15)24/h3-8H,2H2,1H3,(H,21,22)(H3,20,23,24). The predicted molar refractivity (Wildman–Crippen MR) is 93.4 cm³/mol. The molecule has 0 aliphatic heterocycles. The highest BCUT2D eigenvalue weighted by atomic mass is 19.1. The number of anilines is 1. The van der Waals surface area contributed by atoms with Crippen LogP contribution in [0.2, 0.25) is 0 Å². The fraction of sp³-hybridized carbons (Fsp3) is 0.111. The second-order valence-corrected chi connectivity index (χ2v) is 5.70. The molecule has 0 unspecified atom stereocenters. The van der Waals surface area contributed by atoms with Gasteiger partial charge in [-0.3, -0.25) is 4.79 Å². The number of nitrogens with one attached hydrogen (secondary N) is 2. The molecule has 2 heterocycles. The fourth-order valence-corrected chi connectivity index (χ4v) is 2.96. The molecule has 0 bridgehead atoms. The maximum Gasteiger partial charge on any atom is 0.261 e. The molecule has 4 aromatic rings. The Balaban J connectivity index is 2.02. The molecule has 0 spiro atoms. The Labute approximate surface area is 136 Å². The van der Waals surface area contributed by atoms with Gasteiger partial charge in [0.15, 0.2) is 0 Å². The van der Waals surface area contributed by atoms with E-state index in [1.807, 2.05) is 18.2 Å². The summed E-state index contributed by atoms with van der Waals surface area (Å²) in [5.74, 6) is -0.144. The lowest BCUT2D eigenvalue weighted by molar-refractivity contribution is 0.640. The highest BCUT2D eigenvalue weighted by Gasteiger charge is 2.17. The third-order valence-electron chi connectivity index (χ3n) is 4.22. The molecule has 4 N–H and O–H groups in total. The van der Waals surface area contributed by atoms with Crippen molar-refractivity contribution >= 4 is 27.6 Å². The van der Waals surface area contributed by atoms with Gasteiger partial charge in [-0.2, -0.15) is 0 Å². The van der Waals surface area contributed by atoms with E-state index in [-0.39, 0.29) is 16.6 Å². The zero-order chi connectivity index (χ0) is 16.8. The number of pyridine rings is 1. The van der Waals surface area contributed by atoms with Crippen LogP contribution in [-0.4, -0.2) is 15.0 Å². The van der Waals surface area contributed by atoms with Gasteiger partial charge in [0.2, 0.25) is 0 Å². The summed E-state index contributed by atoms with van der Waals surface area (Å²) in [4.78, 5) is 22.7. The molecule has 0 aliphatic carbocycles. The molecular weight excluding hydrogens is 307 g/mol. The zero-order valence-corrected chi connectivity index (χ0v) is 13.0. The fourth-order valence-electron chi connectivity index (χ4n) is 2.96. The molecule has 0 amide bonds. The van der Waals surface area contributed by atoms with Crippen LogP contribution >= 0.6 is 0 Å². The number of aromatic amines is 2. The Bertz CT molecular complexity index is 1140. The van der Waals surface area contributed by atoms with Gasteiger partial charge in [0.05, 0.1) is 27.6 Å². The van der Waals surface area contributed by atoms with E-state index in [2.05, 4.69) is 21.9 Å². The Kier molecular flexibility index (Phi) is 3.13. The van der Waals surface area contributed by atoms with Crippen LogP contribution in [0.4, 0.5) is 10.1 Å². The molecule has 120 valence electrons. The van der Waals surface area contributed by atoms with Crippen LogP contribution in [0.1, 0.15) is 12.5 Å². The van der Waals surface area contributed by atoms with Gasteiger partial charge in [-0.1, -0.05) is 19.1 Å². The second kappa shape index (κ2) is 5.19. The molecule has 0 atom stereocenters. The Morgan fingerprint density at radius 1 is 1.17 bits per heavy atom. The van der Waals surface area contributed by atoms with Crippen molar-refractivity contribution in [1.82, 2.24) is 15.0 Å². The van der Waals surface area contributed by atoms with Gasteiger partial charge in [0.1, 0.15) is 17.2 Å². The predicted octanol–water partition coefficient (Wildman–Crippen LogP) is 3.36. The van der Waals surface area contributed by atoms with E-state index in [4.69, 9.17) is 5.73 Å². The number of aryl methyl sites for hydroxylation is 1. The SMILES string of the molecule is CCc1ccc2nc(-c3c(N)c4c(F)cccc4[nH]c3=O)[nH]c2c1. The Hall–Kier alpha value is -3.15. The topological polar surface area (TPSA) is 87.6 Å². The molecule has 4 rings (SSSR count). The van der Waals surface area contributed by atoms with Gasteiger partial charge in [0, 0.05) is 0 Å². The van der Waals surface area contributed by atoms with E-state index in [9.17, 15) is 9.18 Å². The average molecular weight is 322 g/mol. The minimum atomic E-state index is -0.480. The molecule has 0 radical (unpaired) electrons. The summed E-state index contributed by atoms with van der Waals surface area (Å²) in [6.07, 6.45) is 0.897. The Morgan fingerprint density at radius 3 is 2.79 bits per heavy atom. The second-order valence-electron chi connectivity index (χ2n) is 5.70. The molecule has 0 aliphatic rings. The monoisotopic (exact) mass is 322 g/mol. The van der Waals surface area contributed by atoms with Crippen LogP contribution in [0, 0.1) is 5.82 Å². The summed E-state index contributed by atoms with van der Waals surface area (Å²) in [7, 11) is 0. The minimum Gasteiger partial charge on any atom is -0.397 e. The van der Waals surface area contributed by atoms with Crippen molar-refractivity contribution in [2.45, 2.75) is 13.3 Å². The van der Waals surface area contributed by atoms with Crippen molar-refractivity contribution in [3.63, 3.8) is 0 Å². The van der Waals surface area contributed by atoms with E-state index in [0.29, 0.717) is 11.3 Å². The number of rotatable bonds is 2. The minimum absolute atomic E-state index is 0.0848. The number of hydrogen-bond acceptors (Lipinski definition) is 3. The van der Waals surface area contributed by atoms with Gasteiger partial charge < -0.3 is 15.7 Å². The van der Waals surface area contributed by atoms with Crippen molar-refractivity contribution < 1.29 is 4.39 Å². The number of hydrogen-bond donors (Lipinski definition) is 3. The van der Waals surface area contributed by atoms with Gasteiger partial charge in [0.25, 0.3) is 5.56 Å². The smallest absolute Gasteiger partial charge is 0.261 e. The number of nitrogens with two attached hydrogens (primary N) is 1. The first kappa shape index (κ1) is 14.4. The zero-order valence-electron chi connectivity index (χ0n) is 13.0. The molecule has 24 heavy (non-hydrogen) atoms. The number of imidazole rings is 1. The Morgan fingerprint density at radius 2 is 2.00 bits per heavy atom. The van der Waals surface area contributed by atoms with Crippen LogP contribution in [0.25, 0.3) is 33.3 Å². The van der Waals surface area contributed by atoms with E-state index in [0.717, 1.165) is 23.0 Å². The van der Waals surface area contributed by atoms with Crippen LogP contribution in [-0.2, 0) is 6.42 Å². The normalized spacial score (nSPS) is 11.4. The number of nitrogens with zero attached hydrogens (tertiary/aromatic N) is 1. The molecule has 0 saturated carbocycles. The summed E-state index contributed by atoms with van der Waals surface area (Å²) < 4.78 is 14.1. The lowest BCUT2D eigenvalue weighted by Crippen LogP contribution is -2.13. The van der Waals surface area contributed by atoms with E-state index >= 15 is 0 Å². The van der Waals surface area contributed by atoms with Crippen molar-refractivity contribution in [1.29, 1.82) is 0 Å². The summed E-state index contributed by atoms with van der Waals surface area (Å²) in [5, 5.41) is 0.196. The molecule has 0 saturated heterocycles. The number of nitrogen functional groups attached to an aromatic ring is 1. The molecule has 0 fully saturated rings. The van der Waals surface area contributed by atoms with E-state index in [1.54, 1.807) is 6.07 Å². The van der Waals surface area contributed by atoms with Gasteiger partial charge >= 0.3 is 0 Å². The first-order valence-electron chi connectivity index (χ1n) is 7.67. The van der Waals surface area contributed by atoms with Gasteiger partial charge in [-0.25, -0.2) is 9.37 Å². The van der Waals surface area contributed by atoms with Gasteiger partial charge in [-0.05, 0) is 36.2 Å². The van der Waals surface area contributed by atoms with Crippen molar-refractivity contribution in [3.8, 4) is 11.4 Å². The highest BCUT2D eigenvalue weighted by Crippen LogP contribution is 2.29. The third-order valence-corrected chi connectivity index (χ3v) is 4.22. The number of fused-ring (bicyclic) bond motifs is 2. The molecular formula is C18H15FN4O. The van der Waals surface area contributed by atoms with Crippen molar-refractivity contribution in [2.24, 2.45) is 0 Å². The van der Waals surface area contributed by atoms with Crippen LogP contribution in [0.5, 0.6) is 0 Å². The maximum absolute atomic E-state index is 14.1. The van der Waals surface area contributed by atoms with Gasteiger partial charge in [-0.15, -0.1) is 0 Å². The molecule has 2 aromatic carbocycles. The third kappa shape index (κ3) is 2.07. The van der Waals surface area contributed by atoms with E-state index < -0.39 is 11.4 Å². The van der Waals surface area contributed by atoms with Crippen LogP contribution < -0.4 is 11.3 Å². The number of H-pyrrole nitrogens is 2. The van der Waals surface area contributed by atoms with Crippen molar-refractivity contribution in [2.75, 3.05) is 5.73 Å².